The summed E-state index contributed by atoms with van der Waals surface area (Å²) >= 11 is 0. The molecular formula is C18H24N4O. The van der Waals surface area contributed by atoms with Gasteiger partial charge in [-0.1, -0.05) is 24.6 Å². The molecule has 23 heavy (non-hydrogen) atoms. The molecule has 2 aliphatic carbocycles. The molecule has 1 aromatic heterocycles. The second kappa shape index (κ2) is 6.32. The van der Waals surface area contributed by atoms with E-state index < -0.39 is 0 Å². The molecule has 3 N–H and O–H groups in total. The molecule has 2 atom stereocenters. The molecule has 2 fully saturated rings. The van der Waals surface area contributed by atoms with Crippen molar-refractivity contribution in [1.82, 2.24) is 20.8 Å². The maximum absolute atomic E-state index is 12.3. The molecular weight excluding hydrogens is 288 g/mol. The van der Waals surface area contributed by atoms with Crippen LogP contribution in [0.4, 0.5) is 0 Å². The molecule has 2 aliphatic rings. The van der Waals surface area contributed by atoms with Crippen LogP contribution in [0.15, 0.2) is 24.4 Å². The molecule has 1 aromatic carbocycles. The van der Waals surface area contributed by atoms with E-state index >= 15 is 0 Å². The van der Waals surface area contributed by atoms with Crippen LogP contribution in [0.25, 0.3) is 10.9 Å². The van der Waals surface area contributed by atoms with Crippen LogP contribution in [0, 0.1) is 5.92 Å². The van der Waals surface area contributed by atoms with Gasteiger partial charge in [-0.3, -0.25) is 9.89 Å². The average molecular weight is 312 g/mol. The monoisotopic (exact) mass is 312 g/mol. The average Bonchev–Trinajstić information content (AvgIpc) is 3.25. The van der Waals surface area contributed by atoms with Crippen LogP contribution in [-0.2, 0) is 11.3 Å². The minimum atomic E-state index is 0.185. The molecule has 0 saturated heterocycles. The first-order chi connectivity index (χ1) is 11.3. The second-order valence-electron chi connectivity index (χ2n) is 6.98. The normalized spacial score (nSPS) is 24.7. The Morgan fingerprint density at radius 2 is 2.13 bits per heavy atom. The summed E-state index contributed by atoms with van der Waals surface area (Å²) < 4.78 is 0. The lowest BCUT2D eigenvalue weighted by molar-refractivity contribution is -0.126. The topological polar surface area (TPSA) is 69.8 Å². The van der Waals surface area contributed by atoms with Crippen LogP contribution in [-0.4, -0.2) is 28.2 Å². The predicted octanol–water partition coefficient (Wildman–Crippen LogP) is 2.49. The summed E-state index contributed by atoms with van der Waals surface area (Å²) in [5.74, 6) is 0.458. The minimum Gasteiger partial charge on any atom is -0.353 e. The van der Waals surface area contributed by atoms with Crippen molar-refractivity contribution in [3.8, 4) is 0 Å². The van der Waals surface area contributed by atoms with Crippen LogP contribution in [0.5, 0.6) is 0 Å². The molecule has 0 bridgehead atoms. The fraction of sp³-hybridized carbons (Fsp3) is 0.556. The molecule has 0 aliphatic heterocycles. The van der Waals surface area contributed by atoms with Crippen molar-refractivity contribution >= 4 is 16.8 Å². The van der Waals surface area contributed by atoms with Crippen LogP contribution in [0.2, 0.25) is 0 Å². The number of amides is 1. The Bertz CT molecular complexity index is 691. The summed E-state index contributed by atoms with van der Waals surface area (Å²) in [5.41, 5.74) is 2.35. The zero-order valence-corrected chi connectivity index (χ0v) is 13.3. The van der Waals surface area contributed by atoms with Gasteiger partial charge in [0.25, 0.3) is 0 Å². The zero-order valence-electron chi connectivity index (χ0n) is 13.3. The van der Waals surface area contributed by atoms with Crippen molar-refractivity contribution in [2.45, 2.75) is 57.2 Å². The molecule has 0 unspecified atom stereocenters. The Kier molecular flexibility index (Phi) is 4.04. The van der Waals surface area contributed by atoms with E-state index in [1.165, 1.54) is 5.56 Å². The number of para-hydroxylation sites is 1. The zero-order chi connectivity index (χ0) is 15.6. The standard InChI is InChI=1S/C18H24N4O/c23-18(21-15-7-8-15)12-3-2-6-16(9-12)19-10-13-4-1-5-14-11-20-22-17(13)14/h1,4-5,11-12,15-16,19H,2-3,6-10H2,(H,20,22)(H,21,23)/t12-,16-/m1/s1. The van der Waals surface area contributed by atoms with E-state index in [4.69, 9.17) is 0 Å². The highest BCUT2D eigenvalue weighted by atomic mass is 16.2. The molecule has 5 heteroatoms. The highest BCUT2D eigenvalue weighted by molar-refractivity contribution is 5.81. The van der Waals surface area contributed by atoms with Gasteiger partial charge in [-0.15, -0.1) is 0 Å². The third kappa shape index (κ3) is 3.39. The molecule has 0 radical (unpaired) electrons. The number of carbonyl (C=O) groups excluding carboxylic acids is 1. The molecule has 5 nitrogen and oxygen atoms in total. The Balaban J connectivity index is 1.35. The van der Waals surface area contributed by atoms with E-state index in [9.17, 15) is 4.79 Å². The largest absolute Gasteiger partial charge is 0.353 e. The smallest absolute Gasteiger partial charge is 0.223 e. The van der Waals surface area contributed by atoms with Gasteiger partial charge in [-0.2, -0.15) is 5.10 Å². The molecule has 2 aromatic rings. The first kappa shape index (κ1) is 14.7. The van der Waals surface area contributed by atoms with Gasteiger partial charge >= 0.3 is 0 Å². The number of nitrogens with one attached hydrogen (secondary N) is 3. The fourth-order valence-electron chi connectivity index (χ4n) is 3.59. The van der Waals surface area contributed by atoms with Crippen molar-refractivity contribution in [3.05, 3.63) is 30.0 Å². The van der Waals surface area contributed by atoms with Gasteiger partial charge in [-0.05, 0) is 37.7 Å². The van der Waals surface area contributed by atoms with Crippen LogP contribution < -0.4 is 10.6 Å². The summed E-state index contributed by atoms with van der Waals surface area (Å²) in [5, 5.41) is 15.1. The Hall–Kier alpha value is -1.88. The van der Waals surface area contributed by atoms with E-state index in [-0.39, 0.29) is 11.8 Å². The summed E-state index contributed by atoms with van der Waals surface area (Å²) in [6.45, 7) is 0.821. The molecule has 1 heterocycles. The van der Waals surface area contributed by atoms with Crippen LogP contribution in [0.3, 0.4) is 0 Å². The SMILES string of the molecule is O=C(NC1CC1)[C@@H]1CCC[C@@H](NCc2cccc3cn[nH]c23)C1. The third-order valence-corrected chi connectivity index (χ3v) is 5.11. The number of carbonyl (C=O) groups is 1. The van der Waals surface area contributed by atoms with E-state index in [2.05, 4.69) is 39.0 Å². The van der Waals surface area contributed by atoms with Gasteiger partial charge in [0.15, 0.2) is 0 Å². The van der Waals surface area contributed by atoms with Crippen molar-refractivity contribution in [1.29, 1.82) is 0 Å². The highest BCUT2D eigenvalue weighted by Crippen LogP contribution is 2.27. The molecule has 0 spiro atoms. The van der Waals surface area contributed by atoms with Crippen molar-refractivity contribution < 1.29 is 4.79 Å². The van der Waals surface area contributed by atoms with Crippen molar-refractivity contribution in [3.63, 3.8) is 0 Å². The van der Waals surface area contributed by atoms with Crippen molar-refractivity contribution in [2.75, 3.05) is 0 Å². The molecule has 122 valence electrons. The van der Waals surface area contributed by atoms with E-state index in [1.54, 1.807) is 0 Å². The lowest BCUT2D eigenvalue weighted by Crippen LogP contribution is -2.40. The summed E-state index contributed by atoms with van der Waals surface area (Å²) in [7, 11) is 0. The summed E-state index contributed by atoms with van der Waals surface area (Å²) in [6.07, 6.45) is 8.46. The first-order valence-corrected chi connectivity index (χ1v) is 8.74. The second-order valence-corrected chi connectivity index (χ2v) is 6.98. The number of hydrogen-bond donors (Lipinski definition) is 3. The molecule has 4 rings (SSSR count). The number of aromatic amines is 1. The maximum atomic E-state index is 12.3. The third-order valence-electron chi connectivity index (χ3n) is 5.11. The van der Waals surface area contributed by atoms with E-state index in [1.807, 2.05) is 6.20 Å². The Morgan fingerprint density at radius 1 is 1.22 bits per heavy atom. The van der Waals surface area contributed by atoms with Gasteiger partial charge in [0.05, 0.1) is 11.7 Å². The van der Waals surface area contributed by atoms with Crippen LogP contribution >= 0.6 is 0 Å². The highest BCUT2D eigenvalue weighted by Gasteiger charge is 2.31. The number of fused-ring (bicyclic) bond motifs is 1. The maximum Gasteiger partial charge on any atom is 0.223 e. The Morgan fingerprint density at radius 3 is 3.00 bits per heavy atom. The van der Waals surface area contributed by atoms with Crippen LogP contribution in [0.1, 0.15) is 44.1 Å². The summed E-state index contributed by atoms with van der Waals surface area (Å²) in [4.78, 5) is 12.3. The fourth-order valence-corrected chi connectivity index (χ4v) is 3.59. The number of nitrogens with zero attached hydrogens (tertiary/aromatic N) is 1. The predicted molar refractivity (Wildman–Crippen MR) is 89.8 cm³/mol. The lowest BCUT2D eigenvalue weighted by Gasteiger charge is -2.29. The van der Waals surface area contributed by atoms with Gasteiger partial charge in [-0.25, -0.2) is 0 Å². The van der Waals surface area contributed by atoms with Gasteiger partial charge in [0.1, 0.15) is 0 Å². The van der Waals surface area contributed by atoms with Gasteiger partial charge < -0.3 is 10.6 Å². The number of H-pyrrole nitrogens is 1. The number of rotatable bonds is 5. The quantitative estimate of drug-likeness (QED) is 0.794. The van der Waals surface area contributed by atoms with Crippen molar-refractivity contribution in [2.24, 2.45) is 5.92 Å². The number of hydrogen-bond acceptors (Lipinski definition) is 3. The summed E-state index contributed by atoms with van der Waals surface area (Å²) in [6, 6.07) is 7.17. The minimum absolute atomic E-state index is 0.185. The molecule has 2 saturated carbocycles. The van der Waals surface area contributed by atoms with E-state index in [0.29, 0.717) is 12.1 Å². The lowest BCUT2D eigenvalue weighted by atomic mass is 9.85. The van der Waals surface area contributed by atoms with Gasteiger partial charge in [0, 0.05) is 29.9 Å². The Labute approximate surface area is 136 Å². The van der Waals surface area contributed by atoms with Gasteiger partial charge in [0.2, 0.25) is 5.91 Å². The first-order valence-electron chi connectivity index (χ1n) is 8.74. The van der Waals surface area contributed by atoms with E-state index in [0.717, 1.165) is 56.0 Å². The number of benzene rings is 1. The molecule has 1 amide bonds. The number of aromatic nitrogens is 2.